The summed E-state index contributed by atoms with van der Waals surface area (Å²) in [6, 6.07) is -0.0792. The molecule has 0 aromatic carbocycles. The quantitative estimate of drug-likeness (QED) is 0.442. The Bertz CT molecular complexity index is 901. The van der Waals surface area contributed by atoms with E-state index in [1.165, 1.54) is 0 Å². The number of anilines is 1. The van der Waals surface area contributed by atoms with Crippen molar-refractivity contribution in [1.29, 1.82) is 0 Å². The Morgan fingerprint density at radius 1 is 1.27 bits per heavy atom. The summed E-state index contributed by atoms with van der Waals surface area (Å²) in [6.07, 6.45) is 2.34. The lowest BCUT2D eigenvalue weighted by Crippen LogP contribution is -2.56. The van der Waals surface area contributed by atoms with Crippen LogP contribution in [0.15, 0.2) is 6.20 Å². The number of carbonyl (C=O) groups is 2. The van der Waals surface area contributed by atoms with E-state index in [2.05, 4.69) is 57.2 Å². The molecule has 0 spiro atoms. The summed E-state index contributed by atoms with van der Waals surface area (Å²) in [7, 11) is 0. The molecule has 3 rings (SSSR count). The SMILES string of the molecule is CCSCCNc1nc(C(C)(C)C)ncc1C(=O)N(CC(C)C)[C@@H]1CNC[C@H](C(=O)N2CCOCC2)C1. The van der Waals surface area contributed by atoms with Crippen LogP contribution in [0, 0.1) is 11.8 Å². The Labute approximate surface area is 226 Å². The molecule has 208 valence electrons. The maximum absolute atomic E-state index is 14.1. The van der Waals surface area contributed by atoms with Crippen molar-refractivity contribution in [2.24, 2.45) is 11.8 Å². The first-order valence-electron chi connectivity index (χ1n) is 13.7. The third kappa shape index (κ3) is 8.29. The number of piperidine rings is 1. The molecule has 2 amide bonds. The average molecular weight is 535 g/mol. The number of ether oxygens (including phenoxy) is 1. The summed E-state index contributed by atoms with van der Waals surface area (Å²) in [4.78, 5) is 40.6. The van der Waals surface area contributed by atoms with Gasteiger partial charge >= 0.3 is 0 Å². The number of carbonyl (C=O) groups excluding carboxylic acids is 2. The van der Waals surface area contributed by atoms with Gasteiger partial charge in [0.1, 0.15) is 17.2 Å². The Morgan fingerprint density at radius 3 is 2.65 bits per heavy atom. The van der Waals surface area contributed by atoms with Crippen molar-refractivity contribution in [2.75, 3.05) is 69.3 Å². The average Bonchev–Trinajstić information content (AvgIpc) is 2.89. The zero-order valence-corrected chi connectivity index (χ0v) is 24.3. The monoisotopic (exact) mass is 534 g/mol. The van der Waals surface area contributed by atoms with Gasteiger partial charge in [-0.25, -0.2) is 9.97 Å². The van der Waals surface area contributed by atoms with Gasteiger partial charge in [0.25, 0.3) is 5.91 Å². The Morgan fingerprint density at radius 2 is 2.00 bits per heavy atom. The molecular weight excluding hydrogens is 488 g/mol. The molecule has 0 bridgehead atoms. The van der Waals surface area contributed by atoms with E-state index in [1.807, 2.05) is 21.6 Å². The Kier molecular flexibility index (Phi) is 11.0. The summed E-state index contributed by atoms with van der Waals surface area (Å²) >= 11 is 1.85. The number of nitrogens with one attached hydrogen (secondary N) is 2. The lowest BCUT2D eigenvalue weighted by molar-refractivity contribution is -0.140. The summed E-state index contributed by atoms with van der Waals surface area (Å²) in [5.74, 6) is 3.50. The number of amides is 2. The van der Waals surface area contributed by atoms with Crippen molar-refractivity contribution in [1.82, 2.24) is 25.1 Å². The van der Waals surface area contributed by atoms with Gasteiger partial charge in [0.05, 0.1) is 19.1 Å². The second-order valence-corrected chi connectivity index (χ2v) is 12.8. The highest BCUT2D eigenvalue weighted by Crippen LogP contribution is 2.26. The number of nitrogens with zero attached hydrogens (tertiary/aromatic N) is 4. The number of rotatable bonds is 10. The standard InChI is InChI=1S/C27H46N6O3S/c1-7-37-13-8-29-23-22(17-30-26(31-23)27(4,5)6)25(35)33(18-19(2)3)21-14-20(15-28-16-21)24(34)32-9-11-36-12-10-32/h17,19-21,28H,7-16,18H2,1-6H3,(H,29,30,31)/t20-,21+/m1/s1. The molecule has 2 atom stereocenters. The molecule has 9 nitrogen and oxygen atoms in total. The van der Waals surface area contributed by atoms with E-state index in [9.17, 15) is 9.59 Å². The van der Waals surface area contributed by atoms with Gasteiger partial charge < -0.3 is 25.2 Å². The Balaban J connectivity index is 1.84. The molecule has 0 unspecified atom stereocenters. The van der Waals surface area contributed by atoms with Gasteiger partial charge in [0.15, 0.2) is 0 Å². The molecule has 10 heteroatoms. The van der Waals surface area contributed by atoms with Crippen LogP contribution in [-0.4, -0.2) is 102 Å². The minimum atomic E-state index is -0.228. The fourth-order valence-corrected chi connectivity index (χ4v) is 5.29. The normalized spacial score (nSPS) is 20.7. The van der Waals surface area contributed by atoms with Crippen LogP contribution >= 0.6 is 11.8 Å². The second kappa shape index (κ2) is 13.8. The van der Waals surface area contributed by atoms with E-state index in [1.54, 1.807) is 6.20 Å². The topological polar surface area (TPSA) is 99.7 Å². The summed E-state index contributed by atoms with van der Waals surface area (Å²) in [5.41, 5.74) is 0.269. The van der Waals surface area contributed by atoms with E-state index in [0.717, 1.165) is 18.1 Å². The molecule has 0 saturated carbocycles. The van der Waals surface area contributed by atoms with E-state index in [0.29, 0.717) is 69.6 Å². The van der Waals surface area contributed by atoms with Gasteiger partial charge in [-0.05, 0) is 18.1 Å². The third-order valence-corrected chi connectivity index (χ3v) is 7.60. The fourth-order valence-electron chi connectivity index (χ4n) is 4.75. The maximum Gasteiger partial charge on any atom is 0.259 e. The smallest absolute Gasteiger partial charge is 0.259 e. The van der Waals surface area contributed by atoms with Crippen molar-refractivity contribution in [2.45, 2.75) is 59.4 Å². The lowest BCUT2D eigenvalue weighted by atomic mass is 9.92. The van der Waals surface area contributed by atoms with E-state index < -0.39 is 0 Å². The molecule has 1 aromatic rings. The third-order valence-electron chi connectivity index (χ3n) is 6.70. The largest absolute Gasteiger partial charge is 0.378 e. The fraction of sp³-hybridized carbons (Fsp3) is 0.778. The molecule has 37 heavy (non-hydrogen) atoms. The van der Waals surface area contributed by atoms with Crippen LogP contribution < -0.4 is 10.6 Å². The first kappa shape index (κ1) is 29.6. The highest BCUT2D eigenvalue weighted by atomic mass is 32.2. The van der Waals surface area contributed by atoms with E-state index in [-0.39, 0.29) is 35.1 Å². The minimum absolute atomic E-state index is 0.0777. The molecule has 0 radical (unpaired) electrons. The van der Waals surface area contributed by atoms with Crippen LogP contribution in [0.5, 0.6) is 0 Å². The van der Waals surface area contributed by atoms with Gasteiger partial charge in [0, 0.05) is 62.7 Å². The lowest BCUT2D eigenvalue weighted by Gasteiger charge is -2.40. The summed E-state index contributed by atoms with van der Waals surface area (Å²) in [5, 5.41) is 6.85. The van der Waals surface area contributed by atoms with Crippen molar-refractivity contribution < 1.29 is 14.3 Å². The van der Waals surface area contributed by atoms with Gasteiger partial charge in [0.2, 0.25) is 5.91 Å². The molecule has 3 heterocycles. The zero-order valence-electron chi connectivity index (χ0n) is 23.5. The maximum atomic E-state index is 14.1. The number of aromatic nitrogens is 2. The molecule has 1 aromatic heterocycles. The van der Waals surface area contributed by atoms with Crippen LogP contribution in [0.4, 0.5) is 5.82 Å². The van der Waals surface area contributed by atoms with Crippen LogP contribution in [0.1, 0.15) is 64.1 Å². The van der Waals surface area contributed by atoms with Crippen LogP contribution in [-0.2, 0) is 14.9 Å². The summed E-state index contributed by atoms with van der Waals surface area (Å²) < 4.78 is 5.42. The number of thioether (sulfide) groups is 1. The molecule has 2 fully saturated rings. The number of hydrogen-bond acceptors (Lipinski definition) is 8. The van der Waals surface area contributed by atoms with E-state index in [4.69, 9.17) is 9.72 Å². The van der Waals surface area contributed by atoms with E-state index >= 15 is 0 Å². The molecule has 2 aliphatic rings. The van der Waals surface area contributed by atoms with Crippen molar-refractivity contribution in [3.8, 4) is 0 Å². The van der Waals surface area contributed by atoms with Crippen molar-refractivity contribution in [3.05, 3.63) is 17.6 Å². The Hall–Kier alpha value is -1.91. The zero-order chi connectivity index (χ0) is 27.0. The van der Waals surface area contributed by atoms with Crippen molar-refractivity contribution >= 4 is 29.4 Å². The minimum Gasteiger partial charge on any atom is -0.378 e. The van der Waals surface area contributed by atoms with Crippen molar-refractivity contribution in [3.63, 3.8) is 0 Å². The highest BCUT2D eigenvalue weighted by Gasteiger charge is 2.36. The summed E-state index contributed by atoms with van der Waals surface area (Å²) in [6.45, 7) is 17.7. The molecule has 2 aliphatic heterocycles. The van der Waals surface area contributed by atoms with Crippen LogP contribution in [0.2, 0.25) is 0 Å². The predicted molar refractivity (Wildman–Crippen MR) is 150 cm³/mol. The van der Waals surface area contributed by atoms with Crippen LogP contribution in [0.3, 0.4) is 0 Å². The second-order valence-electron chi connectivity index (χ2n) is 11.4. The molecule has 2 saturated heterocycles. The highest BCUT2D eigenvalue weighted by molar-refractivity contribution is 7.99. The van der Waals surface area contributed by atoms with Gasteiger partial charge in [-0.2, -0.15) is 11.8 Å². The van der Waals surface area contributed by atoms with Gasteiger partial charge in [-0.3, -0.25) is 9.59 Å². The molecule has 2 N–H and O–H groups in total. The van der Waals surface area contributed by atoms with Gasteiger partial charge in [-0.15, -0.1) is 0 Å². The molecular formula is C27H46N6O3S. The first-order chi connectivity index (χ1) is 17.6. The predicted octanol–water partition coefficient (Wildman–Crippen LogP) is 2.87. The number of hydrogen-bond donors (Lipinski definition) is 2. The van der Waals surface area contributed by atoms with Crippen LogP contribution in [0.25, 0.3) is 0 Å². The number of morpholine rings is 1. The first-order valence-corrected chi connectivity index (χ1v) is 14.8. The van der Waals surface area contributed by atoms with Gasteiger partial charge in [-0.1, -0.05) is 41.5 Å². The molecule has 0 aliphatic carbocycles.